The first-order valence-corrected chi connectivity index (χ1v) is 7.63. The molecule has 0 saturated carbocycles. The number of nitrogens with zero attached hydrogens (tertiary/aromatic N) is 1. The smallest absolute Gasteiger partial charge is 0.240 e. The third-order valence-electron chi connectivity index (χ3n) is 4.63. The van der Waals surface area contributed by atoms with Crippen LogP contribution in [0.5, 0.6) is 0 Å². The summed E-state index contributed by atoms with van der Waals surface area (Å²) >= 11 is 0. The molecule has 1 unspecified atom stereocenters. The SMILES string of the molecule is CC(C)CC(=O)N1CCCC2(CCOCC2)C1C(N)=O. The van der Waals surface area contributed by atoms with Crippen LogP contribution < -0.4 is 5.73 Å². The minimum absolute atomic E-state index is 0.0642. The maximum atomic E-state index is 12.4. The lowest BCUT2D eigenvalue weighted by Crippen LogP contribution is -2.61. The molecular formula is C15H26N2O3. The van der Waals surface area contributed by atoms with E-state index in [1.807, 2.05) is 13.8 Å². The molecule has 0 aliphatic carbocycles. The van der Waals surface area contributed by atoms with E-state index in [-0.39, 0.29) is 17.2 Å². The summed E-state index contributed by atoms with van der Waals surface area (Å²) in [6, 6.07) is -0.452. The number of ether oxygens (including phenoxy) is 1. The highest BCUT2D eigenvalue weighted by Gasteiger charge is 2.49. The van der Waals surface area contributed by atoms with E-state index in [0.717, 1.165) is 25.7 Å². The van der Waals surface area contributed by atoms with Crippen LogP contribution in [0.15, 0.2) is 0 Å². The van der Waals surface area contributed by atoms with Crippen LogP contribution in [0.1, 0.15) is 46.0 Å². The van der Waals surface area contributed by atoms with Crippen molar-refractivity contribution in [2.75, 3.05) is 19.8 Å². The first-order chi connectivity index (χ1) is 9.46. The lowest BCUT2D eigenvalue weighted by atomic mass is 9.67. The monoisotopic (exact) mass is 282 g/mol. The summed E-state index contributed by atoms with van der Waals surface area (Å²) < 4.78 is 5.43. The third-order valence-corrected chi connectivity index (χ3v) is 4.63. The number of primary amides is 1. The zero-order chi connectivity index (χ0) is 14.8. The summed E-state index contributed by atoms with van der Waals surface area (Å²) in [6.07, 6.45) is 4.05. The van der Waals surface area contributed by atoms with Crippen molar-refractivity contribution >= 4 is 11.8 Å². The molecule has 2 amide bonds. The van der Waals surface area contributed by atoms with Gasteiger partial charge in [0.1, 0.15) is 6.04 Å². The molecule has 0 aromatic rings. The van der Waals surface area contributed by atoms with E-state index in [1.165, 1.54) is 0 Å². The fourth-order valence-electron chi connectivity index (χ4n) is 3.69. The molecule has 2 saturated heterocycles. The molecule has 2 fully saturated rings. The number of piperidine rings is 1. The predicted octanol–water partition coefficient (Wildman–Crippen LogP) is 1.31. The Hall–Kier alpha value is -1.10. The van der Waals surface area contributed by atoms with Crippen molar-refractivity contribution in [3.05, 3.63) is 0 Å². The second kappa shape index (κ2) is 6.12. The molecule has 114 valence electrons. The van der Waals surface area contributed by atoms with Crippen molar-refractivity contribution in [1.29, 1.82) is 0 Å². The van der Waals surface area contributed by atoms with Crippen LogP contribution in [0.4, 0.5) is 0 Å². The Labute approximate surface area is 120 Å². The fraction of sp³-hybridized carbons (Fsp3) is 0.867. The lowest BCUT2D eigenvalue weighted by molar-refractivity contribution is -0.153. The molecule has 0 aromatic carbocycles. The molecule has 0 aromatic heterocycles. The van der Waals surface area contributed by atoms with Gasteiger partial charge in [0.15, 0.2) is 0 Å². The molecule has 2 rings (SSSR count). The summed E-state index contributed by atoms with van der Waals surface area (Å²) in [6.45, 7) is 6.02. The molecule has 5 heteroatoms. The first kappa shape index (κ1) is 15.3. The van der Waals surface area contributed by atoms with Crippen molar-refractivity contribution < 1.29 is 14.3 Å². The molecule has 20 heavy (non-hydrogen) atoms. The Balaban J connectivity index is 2.22. The number of hydrogen-bond acceptors (Lipinski definition) is 3. The number of hydrogen-bond donors (Lipinski definition) is 1. The van der Waals surface area contributed by atoms with E-state index in [4.69, 9.17) is 10.5 Å². The molecule has 1 spiro atoms. The van der Waals surface area contributed by atoms with Crippen LogP contribution in [0.3, 0.4) is 0 Å². The standard InChI is InChI=1S/C15H26N2O3/c1-11(2)10-12(18)17-7-3-4-15(13(17)14(16)19)5-8-20-9-6-15/h11,13H,3-10H2,1-2H3,(H2,16,19). The van der Waals surface area contributed by atoms with Gasteiger partial charge in [0.05, 0.1) is 0 Å². The molecule has 1 atom stereocenters. The van der Waals surface area contributed by atoms with Gasteiger partial charge in [-0.15, -0.1) is 0 Å². The Morgan fingerprint density at radius 2 is 1.95 bits per heavy atom. The number of likely N-dealkylation sites (tertiary alicyclic amines) is 1. The molecular weight excluding hydrogens is 256 g/mol. The predicted molar refractivity (Wildman–Crippen MR) is 75.9 cm³/mol. The molecule has 2 N–H and O–H groups in total. The van der Waals surface area contributed by atoms with Crippen molar-refractivity contribution in [3.8, 4) is 0 Å². The number of amides is 2. The largest absolute Gasteiger partial charge is 0.381 e. The summed E-state index contributed by atoms with van der Waals surface area (Å²) in [7, 11) is 0. The van der Waals surface area contributed by atoms with E-state index in [0.29, 0.717) is 32.1 Å². The van der Waals surface area contributed by atoms with Crippen LogP contribution >= 0.6 is 0 Å². The number of carbonyl (C=O) groups is 2. The Bertz CT molecular complexity index is 370. The summed E-state index contributed by atoms with van der Waals surface area (Å²) in [5.41, 5.74) is 5.50. The molecule has 0 radical (unpaired) electrons. The van der Waals surface area contributed by atoms with Gasteiger partial charge in [0.2, 0.25) is 11.8 Å². The van der Waals surface area contributed by atoms with Crippen molar-refractivity contribution in [2.45, 2.75) is 52.0 Å². The third kappa shape index (κ3) is 2.97. The highest BCUT2D eigenvalue weighted by molar-refractivity contribution is 5.87. The highest BCUT2D eigenvalue weighted by Crippen LogP contribution is 2.44. The zero-order valence-corrected chi connectivity index (χ0v) is 12.6. The quantitative estimate of drug-likeness (QED) is 0.848. The normalized spacial score (nSPS) is 25.9. The maximum Gasteiger partial charge on any atom is 0.240 e. The van der Waals surface area contributed by atoms with Gasteiger partial charge in [0, 0.05) is 31.6 Å². The van der Waals surface area contributed by atoms with Gasteiger partial charge in [-0.25, -0.2) is 0 Å². The Morgan fingerprint density at radius 1 is 1.30 bits per heavy atom. The van der Waals surface area contributed by atoms with E-state index >= 15 is 0 Å². The summed E-state index contributed by atoms with van der Waals surface area (Å²) in [5.74, 6) is 0.00154. The molecule has 2 aliphatic heterocycles. The minimum Gasteiger partial charge on any atom is -0.381 e. The summed E-state index contributed by atoms with van der Waals surface area (Å²) in [5, 5.41) is 0. The van der Waals surface area contributed by atoms with E-state index < -0.39 is 6.04 Å². The second-order valence-electron chi connectivity index (χ2n) is 6.57. The van der Waals surface area contributed by atoms with Gasteiger partial charge < -0.3 is 15.4 Å². The molecule has 5 nitrogen and oxygen atoms in total. The van der Waals surface area contributed by atoms with Crippen LogP contribution in [-0.4, -0.2) is 42.5 Å². The zero-order valence-electron chi connectivity index (χ0n) is 12.6. The molecule has 0 bridgehead atoms. The van der Waals surface area contributed by atoms with Crippen LogP contribution in [0.25, 0.3) is 0 Å². The van der Waals surface area contributed by atoms with E-state index in [1.54, 1.807) is 4.90 Å². The number of carbonyl (C=O) groups excluding carboxylic acids is 2. The van der Waals surface area contributed by atoms with Gasteiger partial charge in [-0.3, -0.25) is 9.59 Å². The maximum absolute atomic E-state index is 12.4. The van der Waals surface area contributed by atoms with Gasteiger partial charge in [-0.1, -0.05) is 13.8 Å². The number of nitrogens with two attached hydrogens (primary N) is 1. The summed E-state index contributed by atoms with van der Waals surface area (Å²) in [4.78, 5) is 26.2. The fourth-order valence-corrected chi connectivity index (χ4v) is 3.69. The molecule has 2 heterocycles. The van der Waals surface area contributed by atoms with Crippen LogP contribution in [0, 0.1) is 11.3 Å². The minimum atomic E-state index is -0.452. The second-order valence-corrected chi connectivity index (χ2v) is 6.57. The number of rotatable bonds is 3. The topological polar surface area (TPSA) is 72.6 Å². The Morgan fingerprint density at radius 3 is 2.50 bits per heavy atom. The van der Waals surface area contributed by atoms with Gasteiger partial charge in [0.25, 0.3) is 0 Å². The van der Waals surface area contributed by atoms with Gasteiger partial charge in [-0.05, 0) is 31.6 Å². The lowest BCUT2D eigenvalue weighted by Gasteiger charge is -2.50. The van der Waals surface area contributed by atoms with Crippen LogP contribution in [0.2, 0.25) is 0 Å². The van der Waals surface area contributed by atoms with Crippen molar-refractivity contribution in [2.24, 2.45) is 17.1 Å². The van der Waals surface area contributed by atoms with Crippen molar-refractivity contribution in [1.82, 2.24) is 4.90 Å². The van der Waals surface area contributed by atoms with E-state index in [9.17, 15) is 9.59 Å². The first-order valence-electron chi connectivity index (χ1n) is 7.63. The molecule has 2 aliphatic rings. The van der Waals surface area contributed by atoms with Crippen LogP contribution in [-0.2, 0) is 14.3 Å². The Kier molecular flexibility index (Phi) is 4.68. The van der Waals surface area contributed by atoms with Crippen molar-refractivity contribution in [3.63, 3.8) is 0 Å². The highest BCUT2D eigenvalue weighted by atomic mass is 16.5. The average molecular weight is 282 g/mol. The van der Waals surface area contributed by atoms with Gasteiger partial charge in [-0.2, -0.15) is 0 Å². The average Bonchev–Trinajstić information content (AvgIpc) is 2.38. The van der Waals surface area contributed by atoms with E-state index in [2.05, 4.69) is 0 Å². The van der Waals surface area contributed by atoms with Gasteiger partial charge >= 0.3 is 0 Å².